The van der Waals surface area contributed by atoms with Crippen molar-refractivity contribution in [1.29, 1.82) is 0 Å². The molecule has 0 saturated carbocycles. The van der Waals surface area contributed by atoms with Gasteiger partial charge >= 0.3 is 0 Å². The van der Waals surface area contributed by atoms with Gasteiger partial charge in [-0.3, -0.25) is 0 Å². The number of nitrogens with two attached hydrogens (primary N) is 1. The van der Waals surface area contributed by atoms with E-state index in [4.69, 9.17) is 5.73 Å². The van der Waals surface area contributed by atoms with Crippen LogP contribution in [0.25, 0.3) is 10.2 Å². The Morgan fingerprint density at radius 3 is 2.81 bits per heavy atom. The second-order valence-corrected chi connectivity index (χ2v) is 4.99. The Hall–Kier alpha value is -1.53. The fourth-order valence-electron chi connectivity index (χ4n) is 1.47. The molecule has 80 valence electrons. The summed E-state index contributed by atoms with van der Waals surface area (Å²) in [5.74, 6) is 0.518. The van der Waals surface area contributed by atoms with Gasteiger partial charge in [0.1, 0.15) is 5.69 Å². The number of hydrogen-bond acceptors (Lipinski definition) is 6. The van der Waals surface area contributed by atoms with Crippen molar-refractivity contribution < 1.29 is 0 Å². The van der Waals surface area contributed by atoms with Crippen LogP contribution in [0.3, 0.4) is 0 Å². The molecule has 0 saturated heterocycles. The van der Waals surface area contributed by atoms with Gasteiger partial charge in [-0.15, -0.1) is 11.3 Å². The number of nitrogen functional groups attached to an aromatic ring is 1. The van der Waals surface area contributed by atoms with Gasteiger partial charge in [0.15, 0.2) is 5.82 Å². The van der Waals surface area contributed by atoms with E-state index in [-0.39, 0.29) is 0 Å². The second-order valence-electron chi connectivity index (χ2n) is 3.35. The molecule has 0 aliphatic carbocycles. The van der Waals surface area contributed by atoms with Gasteiger partial charge in [-0.25, -0.2) is 4.98 Å². The second kappa shape index (κ2) is 3.80. The summed E-state index contributed by atoms with van der Waals surface area (Å²) in [6, 6.07) is 8.09. The first-order valence-electron chi connectivity index (χ1n) is 4.74. The fraction of sp³-hybridized carbons (Fsp3) is 0.100. The lowest BCUT2D eigenvalue weighted by atomic mass is 10.3. The van der Waals surface area contributed by atoms with Crippen LogP contribution in [0.1, 0.15) is 10.7 Å². The van der Waals surface area contributed by atoms with Crippen LogP contribution in [0, 0.1) is 0 Å². The molecule has 0 aliphatic heterocycles. The van der Waals surface area contributed by atoms with Crippen molar-refractivity contribution in [3.8, 4) is 0 Å². The summed E-state index contributed by atoms with van der Waals surface area (Å²) in [6.45, 7) is 0. The van der Waals surface area contributed by atoms with Gasteiger partial charge in [-0.2, -0.15) is 8.75 Å². The molecule has 0 atom stereocenters. The van der Waals surface area contributed by atoms with Crippen LogP contribution in [0.2, 0.25) is 0 Å². The SMILES string of the molecule is Nc1nsnc1Cc1nc2ccccc2s1. The van der Waals surface area contributed by atoms with E-state index in [1.54, 1.807) is 11.3 Å². The highest BCUT2D eigenvalue weighted by atomic mass is 32.1. The lowest BCUT2D eigenvalue weighted by Crippen LogP contribution is -1.94. The van der Waals surface area contributed by atoms with Crippen LogP contribution in [0.15, 0.2) is 24.3 Å². The van der Waals surface area contributed by atoms with Gasteiger partial charge in [0.25, 0.3) is 0 Å². The Morgan fingerprint density at radius 1 is 1.19 bits per heavy atom. The molecule has 1 aromatic carbocycles. The summed E-state index contributed by atoms with van der Waals surface area (Å²) in [5, 5.41) is 1.03. The van der Waals surface area contributed by atoms with Gasteiger partial charge in [0, 0.05) is 6.42 Å². The van der Waals surface area contributed by atoms with Crippen molar-refractivity contribution in [3.63, 3.8) is 0 Å². The first-order valence-corrected chi connectivity index (χ1v) is 6.29. The predicted molar refractivity (Wildman–Crippen MR) is 66.7 cm³/mol. The van der Waals surface area contributed by atoms with Gasteiger partial charge in [0.05, 0.1) is 27.0 Å². The van der Waals surface area contributed by atoms with Crippen molar-refractivity contribution in [1.82, 2.24) is 13.7 Å². The number of benzene rings is 1. The molecule has 6 heteroatoms. The lowest BCUT2D eigenvalue weighted by molar-refractivity contribution is 1.11. The van der Waals surface area contributed by atoms with Gasteiger partial charge < -0.3 is 5.73 Å². The Balaban J connectivity index is 1.98. The quantitative estimate of drug-likeness (QED) is 0.756. The summed E-state index contributed by atoms with van der Waals surface area (Å²) in [4.78, 5) is 4.53. The molecule has 0 unspecified atom stereocenters. The van der Waals surface area contributed by atoms with Crippen LogP contribution >= 0.6 is 23.1 Å². The van der Waals surface area contributed by atoms with E-state index < -0.39 is 0 Å². The molecular weight excluding hydrogens is 240 g/mol. The van der Waals surface area contributed by atoms with Gasteiger partial charge in [0.2, 0.25) is 0 Å². The average molecular weight is 248 g/mol. The number of aromatic nitrogens is 3. The first-order chi connectivity index (χ1) is 7.83. The van der Waals surface area contributed by atoms with E-state index >= 15 is 0 Å². The molecular formula is C10H8N4S2. The number of nitrogens with zero attached hydrogens (tertiary/aromatic N) is 3. The predicted octanol–water partition coefficient (Wildman–Crippen LogP) is 2.32. The standard InChI is InChI=1S/C10H8N4S2/c11-10-7(13-16-14-10)5-9-12-6-3-1-2-4-8(6)15-9/h1-4H,5H2,(H2,11,14). The minimum absolute atomic E-state index is 0.518. The highest BCUT2D eigenvalue weighted by molar-refractivity contribution is 7.18. The third-order valence-electron chi connectivity index (χ3n) is 2.24. The molecule has 0 radical (unpaired) electrons. The van der Waals surface area contributed by atoms with E-state index in [1.807, 2.05) is 18.2 Å². The molecule has 0 aliphatic rings. The van der Waals surface area contributed by atoms with Crippen LogP contribution in [0.4, 0.5) is 5.82 Å². The van der Waals surface area contributed by atoms with Crippen molar-refractivity contribution >= 4 is 39.1 Å². The summed E-state index contributed by atoms with van der Waals surface area (Å²) in [5.41, 5.74) is 7.55. The Kier molecular flexibility index (Phi) is 2.30. The third kappa shape index (κ3) is 1.66. The molecule has 16 heavy (non-hydrogen) atoms. The highest BCUT2D eigenvalue weighted by Gasteiger charge is 2.09. The van der Waals surface area contributed by atoms with E-state index in [1.165, 1.54) is 4.70 Å². The zero-order valence-corrected chi connectivity index (χ0v) is 9.88. The number of para-hydroxylation sites is 1. The number of thiazole rings is 1. The fourth-order valence-corrected chi connectivity index (χ4v) is 2.94. The highest BCUT2D eigenvalue weighted by Crippen LogP contribution is 2.24. The Labute approximate surface area is 100 Å². The number of hydrogen-bond donors (Lipinski definition) is 1. The number of anilines is 1. The maximum absolute atomic E-state index is 5.70. The van der Waals surface area contributed by atoms with Crippen LogP contribution in [-0.4, -0.2) is 13.7 Å². The van der Waals surface area contributed by atoms with Crippen molar-refractivity contribution in [2.75, 3.05) is 5.73 Å². The molecule has 0 amide bonds. The summed E-state index contributed by atoms with van der Waals surface area (Å²) < 4.78 is 9.30. The smallest absolute Gasteiger partial charge is 0.161 e. The number of fused-ring (bicyclic) bond motifs is 1. The summed E-state index contributed by atoms with van der Waals surface area (Å²) in [7, 11) is 0. The molecule has 2 heterocycles. The lowest BCUT2D eigenvalue weighted by Gasteiger charge is -1.91. The molecule has 3 aromatic rings. The van der Waals surface area contributed by atoms with Gasteiger partial charge in [-0.1, -0.05) is 12.1 Å². The van der Waals surface area contributed by atoms with Crippen molar-refractivity contribution in [2.24, 2.45) is 0 Å². The molecule has 0 bridgehead atoms. The zero-order chi connectivity index (χ0) is 11.0. The van der Waals surface area contributed by atoms with Crippen molar-refractivity contribution in [2.45, 2.75) is 6.42 Å². The molecule has 0 fully saturated rings. The maximum atomic E-state index is 5.70. The minimum Gasteiger partial charge on any atom is -0.381 e. The number of rotatable bonds is 2. The monoisotopic (exact) mass is 248 g/mol. The van der Waals surface area contributed by atoms with Crippen LogP contribution in [0.5, 0.6) is 0 Å². The molecule has 2 N–H and O–H groups in total. The summed E-state index contributed by atoms with van der Waals surface area (Å²) >= 11 is 2.82. The topological polar surface area (TPSA) is 64.7 Å². The Bertz CT molecular complexity index is 595. The van der Waals surface area contributed by atoms with E-state index in [9.17, 15) is 0 Å². The minimum atomic E-state index is 0.518. The zero-order valence-electron chi connectivity index (χ0n) is 8.25. The Morgan fingerprint density at radius 2 is 2.06 bits per heavy atom. The van der Waals surface area contributed by atoms with E-state index in [2.05, 4.69) is 19.8 Å². The maximum Gasteiger partial charge on any atom is 0.161 e. The van der Waals surface area contributed by atoms with E-state index in [0.29, 0.717) is 12.2 Å². The third-order valence-corrected chi connectivity index (χ3v) is 3.86. The molecule has 2 aromatic heterocycles. The van der Waals surface area contributed by atoms with E-state index in [0.717, 1.165) is 27.9 Å². The molecule has 3 rings (SSSR count). The van der Waals surface area contributed by atoms with Crippen molar-refractivity contribution in [3.05, 3.63) is 35.0 Å². The first kappa shape index (κ1) is 9.68. The van der Waals surface area contributed by atoms with Crippen LogP contribution in [-0.2, 0) is 6.42 Å². The largest absolute Gasteiger partial charge is 0.381 e. The van der Waals surface area contributed by atoms with Gasteiger partial charge in [-0.05, 0) is 12.1 Å². The normalized spacial score (nSPS) is 11.0. The molecule has 4 nitrogen and oxygen atoms in total. The van der Waals surface area contributed by atoms with Crippen LogP contribution < -0.4 is 5.73 Å². The average Bonchev–Trinajstić information content (AvgIpc) is 2.85. The molecule has 0 spiro atoms. The summed E-state index contributed by atoms with van der Waals surface area (Å²) in [6.07, 6.45) is 0.668.